The molecule has 0 spiro atoms. The van der Waals surface area contributed by atoms with Crippen LogP contribution in [0.2, 0.25) is 0 Å². The van der Waals surface area contributed by atoms with Crippen LogP contribution in [0.3, 0.4) is 0 Å². The molecule has 0 amide bonds. The number of aliphatic hydroxyl groups is 1. The molecule has 1 rings (SSSR count). The molecular weight excluding hydrogens is 218 g/mol. The predicted molar refractivity (Wildman–Crippen MR) is 73.0 cm³/mol. The Hall–Kier alpha value is 0.270. The van der Waals surface area contributed by atoms with E-state index >= 15 is 0 Å². The van der Waals surface area contributed by atoms with Crippen molar-refractivity contribution in [2.75, 3.05) is 18.6 Å². The molecule has 0 radical (unpaired) electrons. The maximum absolute atomic E-state index is 10.1. The monoisotopic (exact) mass is 245 g/mol. The minimum Gasteiger partial charge on any atom is -0.388 e. The van der Waals surface area contributed by atoms with Gasteiger partial charge in [0.25, 0.3) is 0 Å². The van der Waals surface area contributed by atoms with E-state index in [1.54, 1.807) is 11.8 Å². The standard InChI is InChI=1S/C13H27NOS/c1-12(2)7-5-6-11(8-12)14-9-13(3,15)10-16-4/h11,14-15H,5-10H2,1-4H3. The Balaban J connectivity index is 2.32. The molecule has 0 aromatic heterocycles. The molecule has 0 heterocycles. The highest BCUT2D eigenvalue weighted by Gasteiger charge is 2.29. The summed E-state index contributed by atoms with van der Waals surface area (Å²) >= 11 is 1.70. The Morgan fingerprint density at radius 3 is 2.75 bits per heavy atom. The topological polar surface area (TPSA) is 32.3 Å². The fourth-order valence-electron chi connectivity index (χ4n) is 2.60. The fourth-order valence-corrected chi connectivity index (χ4v) is 3.32. The van der Waals surface area contributed by atoms with Crippen LogP contribution in [-0.2, 0) is 0 Å². The van der Waals surface area contributed by atoms with Gasteiger partial charge in [0.1, 0.15) is 0 Å². The summed E-state index contributed by atoms with van der Waals surface area (Å²) in [6.07, 6.45) is 7.20. The van der Waals surface area contributed by atoms with Crippen LogP contribution in [0.5, 0.6) is 0 Å². The Bertz CT molecular complexity index is 216. The SMILES string of the molecule is CSCC(C)(O)CNC1CCCC(C)(C)C1. The molecule has 2 atom stereocenters. The maximum Gasteiger partial charge on any atom is 0.0833 e. The molecule has 2 unspecified atom stereocenters. The molecule has 1 aliphatic rings. The van der Waals surface area contributed by atoms with Crippen molar-refractivity contribution in [3.8, 4) is 0 Å². The molecule has 2 N–H and O–H groups in total. The highest BCUT2D eigenvalue weighted by atomic mass is 32.2. The second-order valence-corrected chi connectivity index (χ2v) is 7.13. The van der Waals surface area contributed by atoms with Crippen molar-refractivity contribution in [3.63, 3.8) is 0 Å². The fraction of sp³-hybridized carbons (Fsp3) is 1.00. The number of thioether (sulfide) groups is 1. The van der Waals surface area contributed by atoms with Crippen LogP contribution < -0.4 is 5.32 Å². The maximum atomic E-state index is 10.1. The quantitative estimate of drug-likeness (QED) is 0.781. The summed E-state index contributed by atoms with van der Waals surface area (Å²) in [6.45, 7) is 7.33. The Morgan fingerprint density at radius 2 is 2.19 bits per heavy atom. The molecule has 96 valence electrons. The van der Waals surface area contributed by atoms with Crippen molar-refractivity contribution in [3.05, 3.63) is 0 Å². The average molecular weight is 245 g/mol. The summed E-state index contributed by atoms with van der Waals surface area (Å²) in [5.41, 5.74) is -0.0950. The summed E-state index contributed by atoms with van der Waals surface area (Å²) in [7, 11) is 0. The molecule has 0 aromatic rings. The number of nitrogens with one attached hydrogen (secondary N) is 1. The van der Waals surface area contributed by atoms with Crippen LogP contribution in [0.1, 0.15) is 46.5 Å². The highest BCUT2D eigenvalue weighted by Crippen LogP contribution is 2.35. The first-order valence-corrected chi connectivity index (χ1v) is 7.69. The van der Waals surface area contributed by atoms with E-state index in [0.717, 1.165) is 5.75 Å². The molecule has 1 aliphatic carbocycles. The summed E-state index contributed by atoms with van der Waals surface area (Å²) in [6, 6.07) is 0.595. The predicted octanol–water partition coefficient (Wildman–Crippen LogP) is 2.66. The van der Waals surface area contributed by atoms with Gasteiger partial charge in [0, 0.05) is 18.3 Å². The Labute approximate surface area is 105 Å². The van der Waals surface area contributed by atoms with Crippen LogP contribution in [0.4, 0.5) is 0 Å². The molecule has 0 aliphatic heterocycles. The van der Waals surface area contributed by atoms with E-state index in [-0.39, 0.29) is 0 Å². The normalized spacial score (nSPS) is 28.7. The molecule has 0 saturated heterocycles. The summed E-state index contributed by atoms with van der Waals surface area (Å²) in [5, 5.41) is 13.6. The molecule has 2 nitrogen and oxygen atoms in total. The van der Waals surface area contributed by atoms with E-state index in [4.69, 9.17) is 0 Å². The summed E-state index contributed by atoms with van der Waals surface area (Å²) < 4.78 is 0. The van der Waals surface area contributed by atoms with Gasteiger partial charge in [-0.3, -0.25) is 0 Å². The Morgan fingerprint density at radius 1 is 1.50 bits per heavy atom. The van der Waals surface area contributed by atoms with Gasteiger partial charge < -0.3 is 10.4 Å². The van der Waals surface area contributed by atoms with E-state index in [1.165, 1.54) is 25.7 Å². The van der Waals surface area contributed by atoms with Gasteiger partial charge in [-0.05, 0) is 37.9 Å². The van der Waals surface area contributed by atoms with Crippen LogP contribution in [-0.4, -0.2) is 35.3 Å². The van der Waals surface area contributed by atoms with Gasteiger partial charge in [-0.15, -0.1) is 0 Å². The van der Waals surface area contributed by atoms with Crippen molar-refractivity contribution in [1.82, 2.24) is 5.32 Å². The van der Waals surface area contributed by atoms with Crippen LogP contribution in [0, 0.1) is 5.41 Å². The molecule has 16 heavy (non-hydrogen) atoms. The van der Waals surface area contributed by atoms with Crippen molar-refractivity contribution in [2.24, 2.45) is 5.41 Å². The lowest BCUT2D eigenvalue weighted by Crippen LogP contribution is -2.46. The summed E-state index contributed by atoms with van der Waals surface area (Å²) in [5.74, 6) is 0.802. The van der Waals surface area contributed by atoms with Gasteiger partial charge in [0.2, 0.25) is 0 Å². The number of rotatable bonds is 5. The largest absolute Gasteiger partial charge is 0.388 e. The van der Waals surface area contributed by atoms with Crippen LogP contribution in [0.25, 0.3) is 0 Å². The lowest BCUT2D eigenvalue weighted by molar-refractivity contribution is 0.0745. The van der Waals surface area contributed by atoms with Gasteiger partial charge in [-0.1, -0.05) is 20.3 Å². The van der Waals surface area contributed by atoms with Crippen LogP contribution >= 0.6 is 11.8 Å². The molecule has 1 fully saturated rings. The van der Waals surface area contributed by atoms with E-state index in [2.05, 4.69) is 19.2 Å². The zero-order valence-electron chi connectivity index (χ0n) is 11.2. The van der Waals surface area contributed by atoms with E-state index < -0.39 is 5.60 Å². The lowest BCUT2D eigenvalue weighted by Gasteiger charge is -2.37. The van der Waals surface area contributed by atoms with Crippen molar-refractivity contribution in [2.45, 2.75) is 58.1 Å². The molecule has 0 bridgehead atoms. The third kappa shape index (κ3) is 5.07. The minimum absolute atomic E-state index is 0.473. The molecular formula is C13H27NOS. The lowest BCUT2D eigenvalue weighted by atomic mass is 9.75. The first-order valence-electron chi connectivity index (χ1n) is 6.29. The second-order valence-electron chi connectivity index (χ2n) is 6.27. The zero-order chi connectivity index (χ0) is 12.2. The third-order valence-corrected chi connectivity index (χ3v) is 4.34. The first-order chi connectivity index (χ1) is 7.35. The van der Waals surface area contributed by atoms with Gasteiger partial charge in [-0.2, -0.15) is 11.8 Å². The van der Waals surface area contributed by atoms with E-state index in [1.807, 2.05) is 13.2 Å². The van der Waals surface area contributed by atoms with E-state index in [9.17, 15) is 5.11 Å². The summed E-state index contributed by atoms with van der Waals surface area (Å²) in [4.78, 5) is 0. The van der Waals surface area contributed by atoms with Crippen molar-refractivity contribution < 1.29 is 5.11 Å². The van der Waals surface area contributed by atoms with Crippen molar-refractivity contribution >= 4 is 11.8 Å². The molecule has 1 saturated carbocycles. The third-order valence-electron chi connectivity index (χ3n) is 3.43. The smallest absolute Gasteiger partial charge is 0.0833 e. The van der Waals surface area contributed by atoms with Crippen molar-refractivity contribution in [1.29, 1.82) is 0 Å². The van der Waals surface area contributed by atoms with Gasteiger partial charge in [0.05, 0.1) is 5.60 Å². The number of hydrogen-bond acceptors (Lipinski definition) is 3. The molecule has 3 heteroatoms. The first kappa shape index (κ1) is 14.3. The Kier molecular flexibility index (Phi) is 5.14. The van der Waals surface area contributed by atoms with Gasteiger partial charge in [-0.25, -0.2) is 0 Å². The molecule has 0 aromatic carbocycles. The average Bonchev–Trinajstić information content (AvgIpc) is 2.13. The van der Waals surface area contributed by atoms with Gasteiger partial charge >= 0.3 is 0 Å². The van der Waals surface area contributed by atoms with Gasteiger partial charge in [0.15, 0.2) is 0 Å². The van der Waals surface area contributed by atoms with Crippen LogP contribution in [0.15, 0.2) is 0 Å². The zero-order valence-corrected chi connectivity index (χ0v) is 12.0. The van der Waals surface area contributed by atoms with E-state index in [0.29, 0.717) is 18.0 Å². The minimum atomic E-state index is -0.568. The second kappa shape index (κ2) is 5.74. The number of hydrogen-bond donors (Lipinski definition) is 2. The highest BCUT2D eigenvalue weighted by molar-refractivity contribution is 7.98.